The van der Waals surface area contributed by atoms with Gasteiger partial charge < -0.3 is 4.40 Å². The minimum absolute atomic E-state index is 0.0946. The highest BCUT2D eigenvalue weighted by molar-refractivity contribution is 9.10. The zero-order chi connectivity index (χ0) is 19.0. The quantitative estimate of drug-likeness (QED) is 0.248. The fraction of sp³-hybridized carbons (Fsp3) is 0. The molecule has 0 fully saturated rings. The number of rotatable bonds is 4. The van der Waals surface area contributed by atoms with Gasteiger partial charge in [-0.2, -0.15) is 0 Å². The number of carbonyl (C=O) groups excluding carboxylic acids is 1. The van der Waals surface area contributed by atoms with Gasteiger partial charge in [0.15, 0.2) is 0 Å². The normalized spacial score (nSPS) is 10.9. The molecule has 4 rings (SSSR count). The molecule has 0 unspecified atom stereocenters. The van der Waals surface area contributed by atoms with E-state index in [-0.39, 0.29) is 17.2 Å². The van der Waals surface area contributed by atoms with Crippen LogP contribution in [0.15, 0.2) is 83.5 Å². The monoisotopic (exact) mass is 420 g/mol. The maximum atomic E-state index is 13.3. The average Bonchev–Trinajstić information content (AvgIpc) is 3.15. The van der Waals surface area contributed by atoms with Gasteiger partial charge in [-0.25, -0.2) is 0 Å². The Labute approximate surface area is 163 Å². The number of hydrogen-bond acceptors (Lipinski definition) is 3. The maximum Gasteiger partial charge on any atom is 0.281 e. The molecule has 6 heteroatoms. The van der Waals surface area contributed by atoms with E-state index in [1.807, 2.05) is 6.07 Å². The highest BCUT2D eigenvalue weighted by atomic mass is 79.9. The first-order valence-corrected chi connectivity index (χ1v) is 9.00. The van der Waals surface area contributed by atoms with E-state index < -0.39 is 4.92 Å². The third kappa shape index (κ3) is 3.04. The molecule has 4 aromatic rings. The van der Waals surface area contributed by atoms with Gasteiger partial charge in [-0.15, -0.1) is 0 Å². The van der Waals surface area contributed by atoms with Crippen LogP contribution in [0.4, 0.5) is 5.69 Å². The third-order valence-electron chi connectivity index (χ3n) is 4.38. The van der Waals surface area contributed by atoms with Gasteiger partial charge in [0.2, 0.25) is 5.78 Å². The van der Waals surface area contributed by atoms with Gasteiger partial charge in [-0.1, -0.05) is 58.4 Å². The number of aromatic nitrogens is 1. The summed E-state index contributed by atoms with van der Waals surface area (Å²) in [7, 11) is 0. The zero-order valence-corrected chi connectivity index (χ0v) is 15.6. The topological polar surface area (TPSA) is 64.6 Å². The number of pyridine rings is 1. The molecular weight excluding hydrogens is 408 g/mol. The minimum atomic E-state index is -0.438. The van der Waals surface area contributed by atoms with Crippen LogP contribution in [0, 0.1) is 10.1 Å². The van der Waals surface area contributed by atoms with Crippen molar-refractivity contribution in [1.29, 1.82) is 0 Å². The molecule has 0 saturated carbocycles. The summed E-state index contributed by atoms with van der Waals surface area (Å²) in [6.07, 6.45) is 1.75. The second kappa shape index (κ2) is 6.81. The Kier molecular flexibility index (Phi) is 4.33. The second-order valence-electron chi connectivity index (χ2n) is 6.02. The van der Waals surface area contributed by atoms with Gasteiger partial charge in [0.25, 0.3) is 5.69 Å². The van der Waals surface area contributed by atoms with Crippen LogP contribution in [0.25, 0.3) is 16.6 Å². The zero-order valence-electron chi connectivity index (χ0n) is 14.0. The van der Waals surface area contributed by atoms with E-state index in [1.165, 1.54) is 6.07 Å². The van der Waals surface area contributed by atoms with Gasteiger partial charge in [-0.3, -0.25) is 14.9 Å². The molecule has 0 aliphatic heterocycles. The smallest absolute Gasteiger partial charge is 0.281 e. The molecule has 5 nitrogen and oxygen atoms in total. The summed E-state index contributed by atoms with van der Waals surface area (Å²) in [4.78, 5) is 24.7. The number of carbonyl (C=O) groups is 1. The minimum Gasteiger partial charge on any atom is -0.313 e. The molecule has 2 heterocycles. The number of fused-ring (bicyclic) bond motifs is 1. The fourth-order valence-corrected chi connectivity index (χ4v) is 3.43. The summed E-state index contributed by atoms with van der Waals surface area (Å²) < 4.78 is 2.56. The number of nitrogens with zero attached hydrogens (tertiary/aromatic N) is 2. The lowest BCUT2D eigenvalue weighted by Gasteiger charge is -2.13. The van der Waals surface area contributed by atoms with E-state index in [4.69, 9.17) is 0 Å². The Morgan fingerprint density at radius 3 is 2.33 bits per heavy atom. The standard InChI is InChI=1S/C21H13BrN2O3/c22-16-10-8-14(9-11-16)19-18(24(26)27)13-17-7-4-12-23(17)20(19)21(25)15-5-2-1-3-6-15/h1-13H. The molecule has 2 aromatic heterocycles. The van der Waals surface area contributed by atoms with Gasteiger partial charge in [-0.05, 0) is 29.8 Å². The Hall–Kier alpha value is -3.25. The van der Waals surface area contributed by atoms with Crippen LogP contribution in [-0.4, -0.2) is 15.1 Å². The van der Waals surface area contributed by atoms with E-state index in [9.17, 15) is 14.9 Å². The first kappa shape index (κ1) is 17.2. The van der Waals surface area contributed by atoms with Crippen molar-refractivity contribution in [3.8, 4) is 11.1 Å². The van der Waals surface area contributed by atoms with Crippen LogP contribution in [0.1, 0.15) is 16.1 Å². The van der Waals surface area contributed by atoms with Gasteiger partial charge >= 0.3 is 0 Å². The molecule has 0 aliphatic rings. The Balaban J connectivity index is 2.10. The van der Waals surface area contributed by atoms with E-state index in [0.29, 0.717) is 22.2 Å². The third-order valence-corrected chi connectivity index (χ3v) is 4.91. The second-order valence-corrected chi connectivity index (χ2v) is 6.93. The van der Waals surface area contributed by atoms with Gasteiger partial charge in [0.05, 0.1) is 16.0 Å². The predicted octanol–water partition coefficient (Wildman–Crippen LogP) is 5.51. The number of ketones is 1. The van der Waals surface area contributed by atoms with Crippen molar-refractivity contribution in [2.45, 2.75) is 0 Å². The molecule has 0 amide bonds. The maximum absolute atomic E-state index is 13.3. The summed E-state index contributed by atoms with van der Waals surface area (Å²) in [5, 5.41) is 11.8. The van der Waals surface area contributed by atoms with Gasteiger partial charge in [0, 0.05) is 22.3 Å². The van der Waals surface area contributed by atoms with Crippen molar-refractivity contribution in [1.82, 2.24) is 4.40 Å². The number of hydrogen-bond donors (Lipinski definition) is 0. The summed E-state index contributed by atoms with van der Waals surface area (Å²) in [6.45, 7) is 0. The fourth-order valence-electron chi connectivity index (χ4n) is 3.16. The SMILES string of the molecule is O=C(c1ccccc1)c1c(-c2ccc(Br)cc2)c([N+](=O)[O-])cc2cccn12. The molecule has 0 atom stereocenters. The summed E-state index contributed by atoms with van der Waals surface area (Å²) >= 11 is 3.38. The van der Waals surface area contributed by atoms with Crippen LogP contribution in [0.2, 0.25) is 0 Å². The van der Waals surface area contributed by atoms with E-state index in [2.05, 4.69) is 15.9 Å². The number of halogens is 1. The molecule has 0 N–H and O–H groups in total. The van der Waals surface area contributed by atoms with Crippen molar-refractivity contribution in [3.05, 3.63) is 105 Å². The number of nitro groups is 1. The van der Waals surface area contributed by atoms with E-state index in [1.54, 1.807) is 71.3 Å². The molecule has 2 aromatic carbocycles. The number of benzene rings is 2. The first-order valence-electron chi connectivity index (χ1n) is 8.20. The Morgan fingerprint density at radius 2 is 1.67 bits per heavy atom. The molecule has 0 radical (unpaired) electrons. The Bertz CT molecular complexity index is 1170. The van der Waals surface area contributed by atoms with Gasteiger partial charge in [0.1, 0.15) is 5.69 Å². The summed E-state index contributed by atoms with van der Waals surface area (Å²) in [5.74, 6) is -0.265. The summed E-state index contributed by atoms with van der Waals surface area (Å²) in [5.41, 5.74) is 2.18. The van der Waals surface area contributed by atoms with E-state index in [0.717, 1.165) is 4.47 Å². The van der Waals surface area contributed by atoms with Crippen molar-refractivity contribution in [2.75, 3.05) is 0 Å². The van der Waals surface area contributed by atoms with Crippen LogP contribution < -0.4 is 0 Å². The lowest BCUT2D eigenvalue weighted by Crippen LogP contribution is -2.11. The lowest BCUT2D eigenvalue weighted by molar-refractivity contribution is -0.384. The molecule has 0 bridgehead atoms. The molecule has 27 heavy (non-hydrogen) atoms. The van der Waals surface area contributed by atoms with Crippen LogP contribution in [0.3, 0.4) is 0 Å². The summed E-state index contributed by atoms with van der Waals surface area (Å²) in [6, 6.07) is 21.0. The molecule has 0 aliphatic carbocycles. The molecule has 132 valence electrons. The highest BCUT2D eigenvalue weighted by Gasteiger charge is 2.27. The van der Waals surface area contributed by atoms with Crippen LogP contribution >= 0.6 is 15.9 Å². The van der Waals surface area contributed by atoms with Crippen molar-refractivity contribution in [3.63, 3.8) is 0 Å². The largest absolute Gasteiger partial charge is 0.313 e. The first-order chi connectivity index (χ1) is 13.1. The van der Waals surface area contributed by atoms with E-state index >= 15 is 0 Å². The van der Waals surface area contributed by atoms with Crippen molar-refractivity contribution >= 4 is 32.9 Å². The molecule has 0 spiro atoms. The lowest BCUT2D eigenvalue weighted by atomic mass is 9.96. The van der Waals surface area contributed by atoms with Crippen molar-refractivity contribution < 1.29 is 9.72 Å². The highest BCUT2D eigenvalue weighted by Crippen LogP contribution is 2.36. The molecule has 0 saturated heterocycles. The average molecular weight is 421 g/mol. The predicted molar refractivity (Wildman–Crippen MR) is 107 cm³/mol. The van der Waals surface area contributed by atoms with Crippen molar-refractivity contribution in [2.24, 2.45) is 0 Å². The Morgan fingerprint density at radius 1 is 0.963 bits per heavy atom. The van der Waals surface area contributed by atoms with Crippen LogP contribution in [0.5, 0.6) is 0 Å². The molecular formula is C21H13BrN2O3. The van der Waals surface area contributed by atoms with Crippen LogP contribution in [-0.2, 0) is 0 Å².